The molecular formula is C9H12N4OS. The lowest BCUT2D eigenvalue weighted by Gasteiger charge is -2.00. The van der Waals surface area contributed by atoms with Crippen molar-refractivity contribution in [1.29, 1.82) is 0 Å². The number of fused-ring (bicyclic) bond motifs is 1. The van der Waals surface area contributed by atoms with E-state index in [1.165, 1.54) is 0 Å². The molecule has 0 spiro atoms. The Morgan fingerprint density at radius 1 is 1.47 bits per heavy atom. The first kappa shape index (κ1) is 10.4. The predicted molar refractivity (Wildman–Crippen MR) is 58.7 cm³/mol. The lowest BCUT2D eigenvalue weighted by atomic mass is 10.4. The zero-order valence-electron chi connectivity index (χ0n) is 8.42. The summed E-state index contributed by atoms with van der Waals surface area (Å²) in [4.78, 5) is 8.37. The van der Waals surface area contributed by atoms with Crippen LogP contribution < -0.4 is 0 Å². The summed E-state index contributed by atoms with van der Waals surface area (Å²) in [5, 5.41) is 14.7. The third kappa shape index (κ3) is 2.10. The smallest absolute Gasteiger partial charge is 0.162 e. The Labute approximate surface area is 91.5 Å². The van der Waals surface area contributed by atoms with Crippen molar-refractivity contribution >= 4 is 22.8 Å². The van der Waals surface area contributed by atoms with Gasteiger partial charge in [0.25, 0.3) is 0 Å². The summed E-state index contributed by atoms with van der Waals surface area (Å²) in [5.74, 6) is 0.859. The van der Waals surface area contributed by atoms with Gasteiger partial charge in [-0.15, -0.1) is 11.8 Å². The molecule has 2 heterocycles. The Balaban J connectivity index is 2.26. The van der Waals surface area contributed by atoms with E-state index in [4.69, 9.17) is 5.11 Å². The molecule has 0 saturated heterocycles. The maximum atomic E-state index is 8.70. The van der Waals surface area contributed by atoms with E-state index < -0.39 is 0 Å². The second-order valence-corrected chi connectivity index (χ2v) is 4.19. The van der Waals surface area contributed by atoms with Gasteiger partial charge in [0, 0.05) is 19.4 Å². The van der Waals surface area contributed by atoms with Crippen LogP contribution in [-0.4, -0.2) is 37.2 Å². The van der Waals surface area contributed by atoms with E-state index in [1.807, 2.05) is 7.05 Å². The van der Waals surface area contributed by atoms with Crippen LogP contribution in [0.4, 0.5) is 0 Å². The van der Waals surface area contributed by atoms with E-state index in [9.17, 15) is 0 Å². The first-order chi connectivity index (χ1) is 7.33. The average Bonchev–Trinajstić information content (AvgIpc) is 2.62. The van der Waals surface area contributed by atoms with Gasteiger partial charge >= 0.3 is 0 Å². The highest BCUT2D eigenvalue weighted by atomic mass is 32.2. The van der Waals surface area contributed by atoms with Crippen LogP contribution >= 0.6 is 11.8 Å². The summed E-state index contributed by atoms with van der Waals surface area (Å²) in [6.45, 7) is 0.217. The van der Waals surface area contributed by atoms with Crippen LogP contribution in [0.3, 0.4) is 0 Å². The number of hydrogen-bond acceptors (Lipinski definition) is 5. The Hall–Kier alpha value is -1.14. The van der Waals surface area contributed by atoms with Gasteiger partial charge in [-0.3, -0.25) is 4.68 Å². The van der Waals surface area contributed by atoms with Gasteiger partial charge in [-0.25, -0.2) is 9.97 Å². The second kappa shape index (κ2) is 4.59. The minimum Gasteiger partial charge on any atom is -0.396 e. The number of nitrogens with zero attached hydrogens (tertiary/aromatic N) is 4. The molecule has 15 heavy (non-hydrogen) atoms. The molecule has 0 unspecified atom stereocenters. The number of thioether (sulfide) groups is 1. The molecule has 0 atom stereocenters. The summed E-state index contributed by atoms with van der Waals surface area (Å²) in [5.41, 5.74) is 0.844. The number of rotatable bonds is 4. The molecule has 0 aliphatic rings. The van der Waals surface area contributed by atoms with E-state index in [0.717, 1.165) is 28.2 Å². The standard InChI is InChI=1S/C9H12N4OS/c1-13-8-7(5-12-13)9(11-6-10-8)15-4-2-3-14/h5-6,14H,2-4H2,1H3. The van der Waals surface area contributed by atoms with Gasteiger partial charge in [0.15, 0.2) is 5.65 Å². The number of aliphatic hydroxyl groups excluding tert-OH is 1. The first-order valence-electron chi connectivity index (χ1n) is 4.69. The van der Waals surface area contributed by atoms with Crippen LogP contribution in [0.5, 0.6) is 0 Å². The Morgan fingerprint density at radius 3 is 3.13 bits per heavy atom. The van der Waals surface area contributed by atoms with Crippen molar-refractivity contribution in [3.8, 4) is 0 Å². The highest BCUT2D eigenvalue weighted by molar-refractivity contribution is 7.99. The van der Waals surface area contributed by atoms with Crippen molar-refractivity contribution in [3.63, 3.8) is 0 Å². The molecule has 5 nitrogen and oxygen atoms in total. The largest absolute Gasteiger partial charge is 0.396 e. The van der Waals surface area contributed by atoms with Crippen LogP contribution in [0.1, 0.15) is 6.42 Å². The Morgan fingerprint density at radius 2 is 2.33 bits per heavy atom. The van der Waals surface area contributed by atoms with Crippen molar-refractivity contribution in [1.82, 2.24) is 19.7 Å². The highest BCUT2D eigenvalue weighted by Gasteiger charge is 2.07. The molecule has 0 radical (unpaired) electrons. The van der Waals surface area contributed by atoms with Gasteiger partial charge in [0.2, 0.25) is 0 Å². The molecule has 0 fully saturated rings. The minimum atomic E-state index is 0.217. The van der Waals surface area contributed by atoms with Gasteiger partial charge < -0.3 is 5.11 Å². The third-order valence-electron chi connectivity index (χ3n) is 2.03. The minimum absolute atomic E-state index is 0.217. The fourth-order valence-corrected chi connectivity index (χ4v) is 2.18. The molecule has 0 bridgehead atoms. The van der Waals surface area contributed by atoms with Crippen molar-refractivity contribution in [2.45, 2.75) is 11.4 Å². The molecule has 0 aliphatic heterocycles. The van der Waals surface area contributed by atoms with Crippen molar-refractivity contribution in [2.24, 2.45) is 7.05 Å². The molecule has 0 aliphatic carbocycles. The van der Waals surface area contributed by atoms with E-state index >= 15 is 0 Å². The zero-order chi connectivity index (χ0) is 10.7. The fourth-order valence-electron chi connectivity index (χ4n) is 1.29. The maximum absolute atomic E-state index is 8.70. The van der Waals surface area contributed by atoms with Crippen molar-refractivity contribution < 1.29 is 5.11 Å². The first-order valence-corrected chi connectivity index (χ1v) is 5.68. The van der Waals surface area contributed by atoms with E-state index in [0.29, 0.717) is 0 Å². The van der Waals surface area contributed by atoms with Crippen LogP contribution in [0.15, 0.2) is 17.6 Å². The fraction of sp³-hybridized carbons (Fsp3) is 0.444. The molecule has 1 N–H and O–H groups in total. The van der Waals surface area contributed by atoms with Gasteiger partial charge in [-0.05, 0) is 6.42 Å². The number of aryl methyl sites for hydroxylation is 1. The summed E-state index contributed by atoms with van der Waals surface area (Å²) < 4.78 is 1.73. The maximum Gasteiger partial charge on any atom is 0.162 e. The van der Waals surface area contributed by atoms with Gasteiger partial charge in [0.1, 0.15) is 11.4 Å². The van der Waals surface area contributed by atoms with E-state index in [1.54, 1.807) is 29.0 Å². The SMILES string of the molecule is Cn1ncc2c(SCCCO)ncnc21. The van der Waals surface area contributed by atoms with Crippen LogP contribution in [0, 0.1) is 0 Å². The molecule has 0 amide bonds. The van der Waals surface area contributed by atoms with Crippen LogP contribution in [0.2, 0.25) is 0 Å². The normalized spacial score (nSPS) is 11.1. The molecular weight excluding hydrogens is 212 g/mol. The molecule has 0 aromatic carbocycles. The highest BCUT2D eigenvalue weighted by Crippen LogP contribution is 2.23. The molecule has 2 aromatic heterocycles. The summed E-state index contributed by atoms with van der Waals surface area (Å²) in [6, 6.07) is 0. The number of aliphatic hydroxyl groups is 1. The molecule has 2 aromatic rings. The predicted octanol–water partition coefficient (Wildman–Crippen LogP) is 0.838. The Kier molecular flexibility index (Phi) is 3.17. The molecule has 0 saturated carbocycles. The van der Waals surface area contributed by atoms with E-state index in [-0.39, 0.29) is 6.61 Å². The third-order valence-corrected chi connectivity index (χ3v) is 3.13. The molecule has 6 heteroatoms. The molecule has 80 valence electrons. The summed E-state index contributed by atoms with van der Waals surface area (Å²) >= 11 is 1.62. The van der Waals surface area contributed by atoms with Crippen molar-refractivity contribution in [3.05, 3.63) is 12.5 Å². The lowest BCUT2D eigenvalue weighted by Crippen LogP contribution is -1.93. The lowest BCUT2D eigenvalue weighted by molar-refractivity contribution is 0.296. The second-order valence-electron chi connectivity index (χ2n) is 3.11. The van der Waals surface area contributed by atoms with E-state index in [2.05, 4.69) is 15.1 Å². The number of hydrogen-bond donors (Lipinski definition) is 1. The van der Waals surface area contributed by atoms with Gasteiger partial charge in [-0.2, -0.15) is 5.10 Å². The topological polar surface area (TPSA) is 63.8 Å². The quantitative estimate of drug-likeness (QED) is 0.473. The van der Waals surface area contributed by atoms with Crippen LogP contribution in [0.25, 0.3) is 11.0 Å². The summed E-state index contributed by atoms with van der Waals surface area (Å²) in [7, 11) is 1.86. The van der Waals surface area contributed by atoms with Gasteiger partial charge in [0.05, 0.1) is 11.6 Å². The monoisotopic (exact) mass is 224 g/mol. The Bertz CT molecular complexity index is 456. The zero-order valence-corrected chi connectivity index (χ0v) is 9.24. The van der Waals surface area contributed by atoms with Crippen molar-refractivity contribution in [2.75, 3.05) is 12.4 Å². The van der Waals surface area contributed by atoms with Crippen LogP contribution in [-0.2, 0) is 7.05 Å². The average molecular weight is 224 g/mol. The molecule has 2 rings (SSSR count). The number of aromatic nitrogens is 4. The summed E-state index contributed by atoms with van der Waals surface area (Å²) in [6.07, 6.45) is 4.10. The van der Waals surface area contributed by atoms with Gasteiger partial charge in [-0.1, -0.05) is 0 Å².